The van der Waals surface area contributed by atoms with E-state index in [2.05, 4.69) is 20.6 Å². The second-order valence-corrected chi connectivity index (χ2v) is 7.31. The van der Waals surface area contributed by atoms with Crippen LogP contribution in [0.3, 0.4) is 0 Å². The molecule has 0 radical (unpaired) electrons. The normalized spacial score (nSPS) is 11.5. The fourth-order valence-corrected chi connectivity index (χ4v) is 3.23. The van der Waals surface area contributed by atoms with Gasteiger partial charge in [-0.1, -0.05) is 12.1 Å². The predicted octanol–water partition coefficient (Wildman–Crippen LogP) is 2.90. The number of aliphatic hydroxyl groups excluding tert-OH is 1. The molecule has 4 N–H and O–H groups in total. The molecule has 0 saturated heterocycles. The van der Waals surface area contributed by atoms with Crippen molar-refractivity contribution in [2.75, 3.05) is 18.5 Å². The van der Waals surface area contributed by atoms with Crippen LogP contribution in [0.15, 0.2) is 41.2 Å². The lowest BCUT2D eigenvalue weighted by Crippen LogP contribution is -2.26. The standard InChI is InChI=1S/C22H23F3N4O3/c1-13-21(32)29-18-11-17(27-12-14-3-2-4-16(9-14)22(23,24)25)10-15(20(18)28-13)5-7-26-19(31)6-8-30/h2-4,9-11,27,30H,5-8,12H2,1H3,(H,26,31)(H,29,32). The van der Waals surface area contributed by atoms with Crippen LogP contribution >= 0.6 is 0 Å². The van der Waals surface area contributed by atoms with Gasteiger partial charge in [0.1, 0.15) is 5.69 Å². The number of carbonyl (C=O) groups is 1. The van der Waals surface area contributed by atoms with Crippen LogP contribution in [0.4, 0.5) is 18.9 Å². The molecule has 3 rings (SSSR count). The predicted molar refractivity (Wildman–Crippen MR) is 114 cm³/mol. The van der Waals surface area contributed by atoms with Gasteiger partial charge < -0.3 is 20.7 Å². The van der Waals surface area contributed by atoms with Crippen molar-refractivity contribution in [3.05, 3.63) is 69.1 Å². The minimum absolute atomic E-state index is 0.00398. The van der Waals surface area contributed by atoms with Crippen molar-refractivity contribution in [1.82, 2.24) is 15.3 Å². The molecule has 0 fully saturated rings. The summed E-state index contributed by atoms with van der Waals surface area (Å²) in [6.45, 7) is 1.78. The lowest BCUT2D eigenvalue weighted by Gasteiger charge is -2.13. The number of alkyl halides is 3. The quantitative estimate of drug-likeness (QED) is 0.424. The van der Waals surface area contributed by atoms with E-state index in [0.717, 1.165) is 17.7 Å². The van der Waals surface area contributed by atoms with E-state index in [4.69, 9.17) is 5.11 Å². The molecule has 1 amide bonds. The Labute approximate surface area is 181 Å². The molecule has 0 aliphatic rings. The maximum atomic E-state index is 12.9. The molecule has 3 aromatic rings. The van der Waals surface area contributed by atoms with Crippen molar-refractivity contribution in [3.63, 3.8) is 0 Å². The minimum Gasteiger partial charge on any atom is -0.396 e. The second-order valence-electron chi connectivity index (χ2n) is 7.31. The summed E-state index contributed by atoms with van der Waals surface area (Å²) in [5.74, 6) is -0.284. The van der Waals surface area contributed by atoms with Gasteiger partial charge in [0, 0.05) is 25.2 Å². The number of aliphatic hydroxyl groups is 1. The minimum atomic E-state index is -4.42. The zero-order valence-corrected chi connectivity index (χ0v) is 17.3. The van der Waals surface area contributed by atoms with E-state index in [1.54, 1.807) is 25.1 Å². The van der Waals surface area contributed by atoms with Gasteiger partial charge in [-0.15, -0.1) is 0 Å². The molecule has 0 aliphatic heterocycles. The van der Waals surface area contributed by atoms with E-state index < -0.39 is 11.7 Å². The number of amides is 1. The average molecular weight is 448 g/mol. The molecule has 2 aromatic carbocycles. The summed E-state index contributed by atoms with van der Waals surface area (Å²) in [4.78, 5) is 30.7. The summed E-state index contributed by atoms with van der Waals surface area (Å²) in [6, 6.07) is 8.50. The number of fused-ring (bicyclic) bond motifs is 1. The molecule has 0 aliphatic carbocycles. The largest absolute Gasteiger partial charge is 0.416 e. The molecule has 1 heterocycles. The molecule has 0 spiro atoms. The monoisotopic (exact) mass is 448 g/mol. The van der Waals surface area contributed by atoms with Gasteiger partial charge in [0.2, 0.25) is 5.91 Å². The summed E-state index contributed by atoms with van der Waals surface area (Å²) in [7, 11) is 0. The van der Waals surface area contributed by atoms with Crippen molar-refractivity contribution in [2.24, 2.45) is 0 Å². The Balaban J connectivity index is 1.84. The lowest BCUT2D eigenvalue weighted by atomic mass is 10.1. The molecule has 32 heavy (non-hydrogen) atoms. The van der Waals surface area contributed by atoms with Crippen LogP contribution in [0.25, 0.3) is 11.0 Å². The van der Waals surface area contributed by atoms with Crippen LogP contribution in [-0.4, -0.2) is 34.1 Å². The fourth-order valence-electron chi connectivity index (χ4n) is 3.23. The van der Waals surface area contributed by atoms with Crippen LogP contribution in [0.5, 0.6) is 0 Å². The highest BCUT2D eigenvalue weighted by Crippen LogP contribution is 2.30. The van der Waals surface area contributed by atoms with Gasteiger partial charge in [0.25, 0.3) is 5.56 Å². The number of rotatable bonds is 8. The number of nitrogens with zero attached hydrogens (tertiary/aromatic N) is 1. The second kappa shape index (κ2) is 9.82. The molecule has 0 saturated carbocycles. The first kappa shape index (κ1) is 23.3. The number of H-pyrrole nitrogens is 1. The van der Waals surface area contributed by atoms with E-state index >= 15 is 0 Å². The van der Waals surface area contributed by atoms with Gasteiger partial charge in [0.05, 0.1) is 23.2 Å². The third-order valence-corrected chi connectivity index (χ3v) is 4.85. The van der Waals surface area contributed by atoms with Crippen LogP contribution in [-0.2, 0) is 23.9 Å². The number of halogens is 3. The molecule has 170 valence electrons. The number of carbonyl (C=O) groups excluding carboxylic acids is 1. The van der Waals surface area contributed by atoms with Crippen molar-refractivity contribution < 1.29 is 23.1 Å². The first-order chi connectivity index (χ1) is 15.2. The van der Waals surface area contributed by atoms with Gasteiger partial charge in [-0.2, -0.15) is 13.2 Å². The SMILES string of the molecule is Cc1nc2c(CCNC(=O)CCO)cc(NCc3cccc(C(F)(F)F)c3)cc2[nH]c1=O. The van der Waals surface area contributed by atoms with Crippen LogP contribution < -0.4 is 16.2 Å². The van der Waals surface area contributed by atoms with Gasteiger partial charge in [0.15, 0.2) is 0 Å². The Morgan fingerprint density at radius 3 is 2.72 bits per heavy atom. The molecule has 1 aromatic heterocycles. The smallest absolute Gasteiger partial charge is 0.396 e. The zero-order valence-electron chi connectivity index (χ0n) is 17.3. The van der Waals surface area contributed by atoms with Crippen LogP contribution in [0, 0.1) is 6.92 Å². The van der Waals surface area contributed by atoms with Crippen molar-refractivity contribution in [1.29, 1.82) is 0 Å². The number of nitrogens with one attached hydrogen (secondary N) is 3. The van der Waals surface area contributed by atoms with Gasteiger partial charge in [-0.25, -0.2) is 4.98 Å². The Bertz CT molecular complexity index is 1180. The third-order valence-electron chi connectivity index (χ3n) is 4.85. The number of aromatic amines is 1. The topological polar surface area (TPSA) is 107 Å². The first-order valence-electron chi connectivity index (χ1n) is 9.98. The molecule has 0 bridgehead atoms. The summed E-state index contributed by atoms with van der Waals surface area (Å²) >= 11 is 0. The highest BCUT2D eigenvalue weighted by atomic mass is 19.4. The van der Waals surface area contributed by atoms with E-state index in [1.807, 2.05) is 0 Å². The summed E-state index contributed by atoms with van der Waals surface area (Å²) in [5.41, 5.74) is 2.08. The Morgan fingerprint density at radius 2 is 2.00 bits per heavy atom. The van der Waals surface area contributed by atoms with E-state index in [-0.39, 0.29) is 31.0 Å². The summed E-state index contributed by atoms with van der Waals surface area (Å²) < 4.78 is 38.8. The van der Waals surface area contributed by atoms with Gasteiger partial charge in [-0.3, -0.25) is 9.59 Å². The molecular weight excluding hydrogens is 425 g/mol. The van der Waals surface area contributed by atoms with E-state index in [0.29, 0.717) is 40.9 Å². The molecule has 0 atom stereocenters. The molecule has 10 heteroatoms. The highest BCUT2D eigenvalue weighted by Gasteiger charge is 2.30. The lowest BCUT2D eigenvalue weighted by molar-refractivity contribution is -0.137. The van der Waals surface area contributed by atoms with Crippen molar-refractivity contribution >= 4 is 22.6 Å². The average Bonchev–Trinajstić information content (AvgIpc) is 2.73. The zero-order chi connectivity index (χ0) is 23.3. The Hall–Kier alpha value is -3.40. The van der Waals surface area contributed by atoms with Crippen LogP contribution in [0.1, 0.15) is 28.8 Å². The maximum Gasteiger partial charge on any atom is 0.416 e. The number of aromatic nitrogens is 2. The van der Waals surface area contributed by atoms with Gasteiger partial charge >= 0.3 is 6.18 Å². The number of hydrogen-bond donors (Lipinski definition) is 4. The molecular formula is C22H23F3N4O3. The van der Waals surface area contributed by atoms with E-state index in [1.165, 1.54) is 6.07 Å². The van der Waals surface area contributed by atoms with Crippen molar-refractivity contribution in [2.45, 2.75) is 32.5 Å². The molecule has 0 unspecified atom stereocenters. The number of benzene rings is 2. The maximum absolute atomic E-state index is 12.9. The van der Waals surface area contributed by atoms with Crippen molar-refractivity contribution in [3.8, 4) is 0 Å². The summed E-state index contributed by atoms with van der Waals surface area (Å²) in [5, 5.41) is 14.6. The highest BCUT2D eigenvalue weighted by molar-refractivity contribution is 5.82. The summed E-state index contributed by atoms with van der Waals surface area (Å²) in [6.07, 6.45) is -4.01. The number of aryl methyl sites for hydroxylation is 1. The van der Waals surface area contributed by atoms with Gasteiger partial charge in [-0.05, 0) is 48.7 Å². The number of anilines is 1. The first-order valence-corrected chi connectivity index (χ1v) is 9.98. The Morgan fingerprint density at radius 1 is 1.22 bits per heavy atom. The van der Waals surface area contributed by atoms with E-state index in [9.17, 15) is 22.8 Å². The molecule has 7 nitrogen and oxygen atoms in total. The third kappa shape index (κ3) is 5.85. The Kier molecular flexibility index (Phi) is 7.14. The number of hydrogen-bond acceptors (Lipinski definition) is 5. The van der Waals surface area contributed by atoms with Crippen LogP contribution in [0.2, 0.25) is 0 Å². The fraction of sp³-hybridized carbons (Fsp3) is 0.318.